The summed E-state index contributed by atoms with van der Waals surface area (Å²) in [5.74, 6) is -0.517. The van der Waals surface area contributed by atoms with Gasteiger partial charge in [-0.15, -0.1) is 0 Å². The quantitative estimate of drug-likeness (QED) is 0.0222. The van der Waals surface area contributed by atoms with Gasteiger partial charge in [-0.25, -0.2) is 9.13 Å². The Morgan fingerprint density at radius 2 is 0.465 bits per heavy atom. The Bertz CT molecular complexity index is 1910. The Balaban J connectivity index is 5.17. The number of carbonyl (C=O) groups is 4. The van der Waals surface area contributed by atoms with Gasteiger partial charge in [0.2, 0.25) is 0 Å². The predicted octanol–water partition coefficient (Wildman–Crippen LogP) is 23.9. The SMILES string of the molecule is CCCCCCCCCCCCCCCCCCC(=O)OC[C@H](COP(=O)(O)OC[C@@H](O)COP(=O)(O)OC[C@@H](COC(=O)CCCCCCCCC)OC(=O)CCCCCCCCCCCCCCC(C)C)OC(=O)CCCCCCCCCCCCCCCCCCCCC(C)C. The fourth-order valence-electron chi connectivity index (χ4n) is 12.4. The molecule has 0 saturated carbocycles. The summed E-state index contributed by atoms with van der Waals surface area (Å²) in [6.07, 6.45) is 61.2. The number of rotatable bonds is 79. The Labute approximate surface area is 607 Å². The minimum atomic E-state index is -4.96. The molecular formula is C80H156O17P2. The van der Waals surface area contributed by atoms with Crippen molar-refractivity contribution in [2.24, 2.45) is 11.8 Å². The largest absolute Gasteiger partial charge is 0.472 e. The lowest BCUT2D eigenvalue weighted by Gasteiger charge is -2.21. The number of phosphoric acid groups is 2. The first-order valence-corrected chi connectivity index (χ1v) is 44.5. The van der Waals surface area contributed by atoms with Crippen LogP contribution in [0.5, 0.6) is 0 Å². The van der Waals surface area contributed by atoms with Crippen LogP contribution in [-0.4, -0.2) is 96.7 Å². The molecule has 588 valence electrons. The Morgan fingerprint density at radius 1 is 0.273 bits per heavy atom. The van der Waals surface area contributed by atoms with Crippen LogP contribution in [0, 0.1) is 11.8 Å². The van der Waals surface area contributed by atoms with E-state index in [4.69, 9.17) is 37.0 Å². The van der Waals surface area contributed by atoms with Gasteiger partial charge in [-0.1, -0.05) is 369 Å². The van der Waals surface area contributed by atoms with E-state index in [9.17, 15) is 43.2 Å². The van der Waals surface area contributed by atoms with Crippen LogP contribution in [0.15, 0.2) is 0 Å². The molecule has 2 unspecified atom stereocenters. The lowest BCUT2D eigenvalue weighted by atomic mass is 10.0. The number of phosphoric ester groups is 2. The van der Waals surface area contributed by atoms with E-state index in [0.29, 0.717) is 25.7 Å². The highest BCUT2D eigenvalue weighted by atomic mass is 31.2. The van der Waals surface area contributed by atoms with Gasteiger partial charge in [0.05, 0.1) is 26.4 Å². The summed E-state index contributed by atoms with van der Waals surface area (Å²) in [7, 11) is -9.91. The molecule has 0 amide bonds. The van der Waals surface area contributed by atoms with Gasteiger partial charge in [0.1, 0.15) is 19.3 Å². The van der Waals surface area contributed by atoms with Crippen LogP contribution in [0.3, 0.4) is 0 Å². The molecule has 0 aliphatic heterocycles. The maximum atomic E-state index is 13.1. The van der Waals surface area contributed by atoms with Gasteiger partial charge in [-0.2, -0.15) is 0 Å². The molecule has 0 aromatic rings. The van der Waals surface area contributed by atoms with Crippen LogP contribution in [-0.2, 0) is 65.4 Å². The molecule has 0 bridgehead atoms. The lowest BCUT2D eigenvalue weighted by Crippen LogP contribution is -2.30. The van der Waals surface area contributed by atoms with E-state index in [2.05, 4.69) is 41.5 Å². The third-order valence-corrected chi connectivity index (χ3v) is 20.6. The topological polar surface area (TPSA) is 237 Å². The number of aliphatic hydroxyl groups excluding tert-OH is 1. The Kier molecular flexibility index (Phi) is 70.3. The summed E-state index contributed by atoms with van der Waals surface area (Å²) >= 11 is 0. The summed E-state index contributed by atoms with van der Waals surface area (Å²) < 4.78 is 68.6. The van der Waals surface area contributed by atoms with Gasteiger partial charge < -0.3 is 33.8 Å². The zero-order valence-corrected chi connectivity index (χ0v) is 66.6. The molecule has 0 heterocycles. The molecule has 0 aromatic carbocycles. The van der Waals surface area contributed by atoms with E-state index >= 15 is 0 Å². The Morgan fingerprint density at radius 3 is 0.687 bits per heavy atom. The maximum absolute atomic E-state index is 13.1. The van der Waals surface area contributed by atoms with E-state index in [1.165, 1.54) is 225 Å². The van der Waals surface area contributed by atoms with Crippen LogP contribution >= 0.6 is 15.6 Å². The van der Waals surface area contributed by atoms with Crippen LogP contribution in [0.2, 0.25) is 0 Å². The molecule has 0 fully saturated rings. The zero-order valence-electron chi connectivity index (χ0n) is 64.8. The Hall–Kier alpha value is -1.94. The minimum absolute atomic E-state index is 0.107. The molecule has 19 heteroatoms. The number of esters is 4. The highest BCUT2D eigenvalue weighted by Gasteiger charge is 2.30. The predicted molar refractivity (Wildman–Crippen MR) is 405 cm³/mol. The van der Waals surface area contributed by atoms with E-state index in [1.807, 2.05) is 0 Å². The molecule has 0 aliphatic carbocycles. The molecule has 99 heavy (non-hydrogen) atoms. The summed E-state index contributed by atoms with van der Waals surface area (Å²) in [6.45, 7) is 9.63. The van der Waals surface area contributed by atoms with E-state index < -0.39 is 97.5 Å². The fraction of sp³-hybridized carbons (Fsp3) is 0.950. The van der Waals surface area contributed by atoms with Crippen LogP contribution < -0.4 is 0 Å². The molecule has 3 N–H and O–H groups in total. The van der Waals surface area contributed by atoms with Gasteiger partial charge in [0, 0.05) is 25.7 Å². The second-order valence-electron chi connectivity index (χ2n) is 29.8. The lowest BCUT2D eigenvalue weighted by molar-refractivity contribution is -0.161. The molecule has 0 aliphatic rings. The summed E-state index contributed by atoms with van der Waals surface area (Å²) in [5.41, 5.74) is 0. The standard InChI is InChI=1S/C80H156O17P2/c1-7-9-11-13-15-16-17-18-19-25-28-34-39-45-51-57-63-78(83)91-69-76(97-80(85)64-58-52-46-40-35-29-26-23-21-20-22-24-27-32-37-43-48-54-60-72(3)4)71-95-99(88,89)93-67-74(81)66-92-98(86,87)94-70-75(68-90-77(82)62-56-50-42-14-12-10-8-2)96-79(84)65-59-53-47-41-36-31-30-33-38-44-49-55-61-73(5)6/h72-76,81H,7-71H2,1-6H3,(H,86,87)(H,88,89)/t74-,75+,76+/m0/s1. The third kappa shape index (κ3) is 74.1. The van der Waals surface area contributed by atoms with Gasteiger partial charge >= 0.3 is 39.5 Å². The number of carbonyl (C=O) groups excluding carboxylic acids is 4. The fourth-order valence-corrected chi connectivity index (χ4v) is 13.9. The normalized spacial score (nSPS) is 13.9. The molecule has 0 aromatic heterocycles. The number of ether oxygens (including phenoxy) is 4. The molecular weight excluding hydrogens is 1290 g/mol. The van der Waals surface area contributed by atoms with Gasteiger partial charge in [-0.05, 0) is 37.5 Å². The van der Waals surface area contributed by atoms with Crippen molar-refractivity contribution in [3.63, 3.8) is 0 Å². The van der Waals surface area contributed by atoms with Crippen molar-refractivity contribution in [1.82, 2.24) is 0 Å². The third-order valence-electron chi connectivity index (χ3n) is 18.7. The first-order valence-electron chi connectivity index (χ1n) is 41.5. The van der Waals surface area contributed by atoms with Crippen molar-refractivity contribution >= 4 is 39.5 Å². The number of unbranched alkanes of at least 4 members (excludes halogenated alkanes) is 49. The first-order chi connectivity index (χ1) is 47.9. The van der Waals surface area contributed by atoms with Crippen molar-refractivity contribution in [2.45, 2.75) is 439 Å². The van der Waals surface area contributed by atoms with Crippen molar-refractivity contribution in [1.29, 1.82) is 0 Å². The highest BCUT2D eigenvalue weighted by molar-refractivity contribution is 7.47. The second-order valence-corrected chi connectivity index (χ2v) is 32.7. The van der Waals surface area contributed by atoms with Gasteiger partial charge in [0.25, 0.3) is 0 Å². The summed E-state index contributed by atoms with van der Waals surface area (Å²) in [5, 5.41) is 10.6. The van der Waals surface area contributed by atoms with Crippen molar-refractivity contribution in [3.05, 3.63) is 0 Å². The second kappa shape index (κ2) is 71.7. The van der Waals surface area contributed by atoms with E-state index in [1.54, 1.807) is 0 Å². The number of aliphatic hydroxyl groups is 1. The first kappa shape index (κ1) is 97.1. The molecule has 0 spiro atoms. The van der Waals surface area contributed by atoms with E-state index in [0.717, 1.165) is 115 Å². The van der Waals surface area contributed by atoms with Crippen LogP contribution in [0.25, 0.3) is 0 Å². The van der Waals surface area contributed by atoms with Gasteiger partial charge in [-0.3, -0.25) is 37.3 Å². The average molecular weight is 1450 g/mol. The molecule has 5 atom stereocenters. The van der Waals surface area contributed by atoms with Crippen molar-refractivity contribution in [2.75, 3.05) is 39.6 Å². The van der Waals surface area contributed by atoms with Crippen LogP contribution in [0.4, 0.5) is 0 Å². The molecule has 0 rings (SSSR count). The molecule has 0 radical (unpaired) electrons. The molecule has 0 saturated heterocycles. The molecule has 17 nitrogen and oxygen atoms in total. The summed E-state index contributed by atoms with van der Waals surface area (Å²) in [6, 6.07) is 0. The minimum Gasteiger partial charge on any atom is -0.462 e. The zero-order chi connectivity index (χ0) is 72.8. The van der Waals surface area contributed by atoms with Crippen LogP contribution in [0.1, 0.15) is 420 Å². The van der Waals surface area contributed by atoms with Crippen molar-refractivity contribution < 1.29 is 80.2 Å². The number of hydrogen-bond donors (Lipinski definition) is 3. The highest BCUT2D eigenvalue weighted by Crippen LogP contribution is 2.45. The van der Waals surface area contributed by atoms with E-state index in [-0.39, 0.29) is 25.7 Å². The smallest absolute Gasteiger partial charge is 0.462 e. The van der Waals surface area contributed by atoms with Gasteiger partial charge in [0.15, 0.2) is 12.2 Å². The maximum Gasteiger partial charge on any atom is 0.472 e. The number of hydrogen-bond acceptors (Lipinski definition) is 15. The monoisotopic (exact) mass is 1450 g/mol. The summed E-state index contributed by atoms with van der Waals surface area (Å²) in [4.78, 5) is 72.8. The average Bonchev–Trinajstić information content (AvgIpc) is 1.40. The van der Waals surface area contributed by atoms with Crippen molar-refractivity contribution in [3.8, 4) is 0 Å².